The van der Waals surface area contributed by atoms with Crippen molar-refractivity contribution in [3.63, 3.8) is 0 Å². The molecule has 0 saturated heterocycles. The average Bonchev–Trinajstić information content (AvgIpc) is 2.38. The van der Waals surface area contributed by atoms with E-state index in [1.165, 1.54) is 38.6 Å². The molecule has 0 amide bonds. The van der Waals surface area contributed by atoms with Gasteiger partial charge in [0.1, 0.15) is 0 Å². The molecular formula is C18H38N2. The highest BCUT2D eigenvalue weighted by atomic mass is 15.1. The zero-order valence-corrected chi connectivity index (χ0v) is 14.8. The van der Waals surface area contributed by atoms with E-state index in [4.69, 9.17) is 0 Å². The van der Waals surface area contributed by atoms with Crippen LogP contribution in [0.3, 0.4) is 0 Å². The van der Waals surface area contributed by atoms with Crippen molar-refractivity contribution in [3.8, 4) is 0 Å². The summed E-state index contributed by atoms with van der Waals surface area (Å²) >= 11 is 0. The first-order valence-corrected chi connectivity index (χ1v) is 8.77. The van der Waals surface area contributed by atoms with Crippen molar-refractivity contribution in [1.82, 2.24) is 10.2 Å². The van der Waals surface area contributed by atoms with Crippen LogP contribution in [0, 0.1) is 17.3 Å². The van der Waals surface area contributed by atoms with Gasteiger partial charge in [0.15, 0.2) is 0 Å². The van der Waals surface area contributed by atoms with Crippen molar-refractivity contribution in [3.05, 3.63) is 0 Å². The third kappa shape index (κ3) is 6.13. The van der Waals surface area contributed by atoms with Crippen LogP contribution in [0.25, 0.3) is 0 Å². The smallest absolute Gasteiger partial charge is 0.00949 e. The van der Waals surface area contributed by atoms with Gasteiger partial charge in [-0.15, -0.1) is 0 Å². The highest BCUT2D eigenvalue weighted by Gasteiger charge is 2.29. The minimum Gasteiger partial charge on any atom is -0.316 e. The summed E-state index contributed by atoms with van der Waals surface area (Å²) in [6, 6.07) is 0.815. The van der Waals surface area contributed by atoms with E-state index in [2.05, 4.69) is 51.9 Å². The second-order valence-corrected chi connectivity index (χ2v) is 8.03. The SMILES string of the molecule is CCC(C)(CNCC(C)C)CN(C)C1CCCC(C)C1. The van der Waals surface area contributed by atoms with E-state index in [0.717, 1.165) is 31.0 Å². The van der Waals surface area contributed by atoms with Crippen molar-refractivity contribution in [2.45, 2.75) is 72.8 Å². The van der Waals surface area contributed by atoms with E-state index in [-0.39, 0.29) is 0 Å². The number of nitrogens with zero attached hydrogens (tertiary/aromatic N) is 1. The molecule has 1 fully saturated rings. The van der Waals surface area contributed by atoms with Crippen LogP contribution in [0.5, 0.6) is 0 Å². The molecule has 0 heterocycles. The zero-order valence-electron chi connectivity index (χ0n) is 14.8. The summed E-state index contributed by atoms with van der Waals surface area (Å²) in [5.41, 5.74) is 0.407. The number of hydrogen-bond acceptors (Lipinski definition) is 2. The molecule has 0 aromatic heterocycles. The van der Waals surface area contributed by atoms with Gasteiger partial charge in [-0.2, -0.15) is 0 Å². The van der Waals surface area contributed by atoms with Gasteiger partial charge in [-0.3, -0.25) is 0 Å². The van der Waals surface area contributed by atoms with E-state index in [9.17, 15) is 0 Å². The standard InChI is InChI=1S/C18H38N2/c1-7-18(5,13-19-12-15(2)3)14-20(6)17-10-8-9-16(4)11-17/h15-17,19H,7-14H2,1-6H3. The first-order chi connectivity index (χ1) is 9.36. The molecule has 3 unspecified atom stereocenters. The topological polar surface area (TPSA) is 15.3 Å². The minimum atomic E-state index is 0.407. The molecule has 120 valence electrons. The molecule has 2 nitrogen and oxygen atoms in total. The lowest BCUT2D eigenvalue weighted by molar-refractivity contribution is 0.104. The Balaban J connectivity index is 2.44. The Labute approximate surface area is 127 Å². The predicted octanol–water partition coefficient (Wildman–Crippen LogP) is 4.16. The molecule has 1 rings (SSSR count). The maximum atomic E-state index is 3.67. The lowest BCUT2D eigenvalue weighted by Crippen LogP contribution is -2.46. The largest absolute Gasteiger partial charge is 0.316 e. The van der Waals surface area contributed by atoms with Crippen LogP contribution in [-0.2, 0) is 0 Å². The van der Waals surface area contributed by atoms with Gasteiger partial charge in [0.25, 0.3) is 0 Å². The second kappa shape index (κ2) is 8.38. The van der Waals surface area contributed by atoms with E-state index in [1.54, 1.807) is 0 Å². The van der Waals surface area contributed by atoms with Gasteiger partial charge in [-0.1, -0.05) is 47.5 Å². The maximum Gasteiger partial charge on any atom is 0.00949 e. The van der Waals surface area contributed by atoms with Gasteiger partial charge in [0, 0.05) is 19.1 Å². The number of nitrogens with one attached hydrogen (secondary N) is 1. The lowest BCUT2D eigenvalue weighted by Gasteiger charge is -2.40. The molecule has 1 saturated carbocycles. The van der Waals surface area contributed by atoms with E-state index < -0.39 is 0 Å². The molecule has 20 heavy (non-hydrogen) atoms. The summed E-state index contributed by atoms with van der Waals surface area (Å²) in [5.74, 6) is 1.66. The fourth-order valence-electron chi connectivity index (χ4n) is 3.49. The highest BCUT2D eigenvalue weighted by molar-refractivity contribution is 4.84. The van der Waals surface area contributed by atoms with Gasteiger partial charge >= 0.3 is 0 Å². The van der Waals surface area contributed by atoms with Gasteiger partial charge in [-0.05, 0) is 50.1 Å². The van der Waals surface area contributed by atoms with E-state index in [0.29, 0.717) is 5.41 Å². The molecule has 2 heteroatoms. The van der Waals surface area contributed by atoms with Crippen LogP contribution in [0.1, 0.15) is 66.7 Å². The van der Waals surface area contributed by atoms with Crippen molar-refractivity contribution < 1.29 is 0 Å². The molecule has 1 aliphatic rings. The molecule has 0 spiro atoms. The van der Waals surface area contributed by atoms with Crippen LogP contribution in [0.2, 0.25) is 0 Å². The molecular weight excluding hydrogens is 244 g/mol. The lowest BCUT2D eigenvalue weighted by atomic mass is 9.83. The normalized spacial score (nSPS) is 27.0. The zero-order chi connectivity index (χ0) is 15.2. The van der Waals surface area contributed by atoms with Gasteiger partial charge in [-0.25, -0.2) is 0 Å². The number of hydrogen-bond donors (Lipinski definition) is 1. The minimum absolute atomic E-state index is 0.407. The van der Waals surface area contributed by atoms with Gasteiger partial charge in [0.2, 0.25) is 0 Å². The Bertz CT molecular complexity index is 264. The summed E-state index contributed by atoms with van der Waals surface area (Å²) in [6.45, 7) is 15.3. The van der Waals surface area contributed by atoms with Crippen LogP contribution >= 0.6 is 0 Å². The molecule has 0 aliphatic heterocycles. The molecule has 0 radical (unpaired) electrons. The summed E-state index contributed by atoms with van der Waals surface area (Å²) in [5, 5.41) is 3.67. The molecule has 0 aromatic carbocycles. The Morgan fingerprint density at radius 2 is 2.00 bits per heavy atom. The van der Waals surface area contributed by atoms with Crippen molar-refractivity contribution in [1.29, 1.82) is 0 Å². The molecule has 1 aliphatic carbocycles. The summed E-state index contributed by atoms with van der Waals surface area (Å²) in [7, 11) is 2.35. The third-order valence-corrected chi connectivity index (χ3v) is 5.12. The number of rotatable bonds is 8. The molecule has 1 N–H and O–H groups in total. The van der Waals surface area contributed by atoms with Crippen LogP contribution in [-0.4, -0.2) is 37.6 Å². The van der Waals surface area contributed by atoms with E-state index >= 15 is 0 Å². The summed E-state index contributed by atoms with van der Waals surface area (Å²) in [4.78, 5) is 2.65. The summed E-state index contributed by atoms with van der Waals surface area (Å²) < 4.78 is 0. The maximum absolute atomic E-state index is 3.67. The van der Waals surface area contributed by atoms with Crippen molar-refractivity contribution >= 4 is 0 Å². The molecule has 3 atom stereocenters. The predicted molar refractivity (Wildman–Crippen MR) is 90.2 cm³/mol. The van der Waals surface area contributed by atoms with Crippen LogP contribution in [0.15, 0.2) is 0 Å². The monoisotopic (exact) mass is 282 g/mol. The summed E-state index contributed by atoms with van der Waals surface area (Å²) in [6.07, 6.45) is 6.91. The second-order valence-electron chi connectivity index (χ2n) is 8.03. The first kappa shape index (κ1) is 18.0. The van der Waals surface area contributed by atoms with Gasteiger partial charge in [0.05, 0.1) is 0 Å². The molecule has 0 aromatic rings. The Morgan fingerprint density at radius 1 is 1.30 bits per heavy atom. The quantitative estimate of drug-likeness (QED) is 0.719. The Morgan fingerprint density at radius 3 is 2.55 bits per heavy atom. The Kier molecular flexibility index (Phi) is 7.53. The van der Waals surface area contributed by atoms with Crippen molar-refractivity contribution in [2.24, 2.45) is 17.3 Å². The third-order valence-electron chi connectivity index (χ3n) is 5.12. The molecule has 0 bridgehead atoms. The van der Waals surface area contributed by atoms with Gasteiger partial charge < -0.3 is 10.2 Å². The van der Waals surface area contributed by atoms with Crippen LogP contribution in [0.4, 0.5) is 0 Å². The fraction of sp³-hybridized carbons (Fsp3) is 1.00. The van der Waals surface area contributed by atoms with E-state index in [1.807, 2.05) is 0 Å². The van der Waals surface area contributed by atoms with Crippen molar-refractivity contribution in [2.75, 3.05) is 26.7 Å². The fourth-order valence-corrected chi connectivity index (χ4v) is 3.49. The first-order valence-electron chi connectivity index (χ1n) is 8.77. The van der Waals surface area contributed by atoms with Crippen LogP contribution < -0.4 is 5.32 Å². The average molecular weight is 283 g/mol. The Hall–Kier alpha value is -0.0800. The highest BCUT2D eigenvalue weighted by Crippen LogP contribution is 2.29.